The molecule has 0 radical (unpaired) electrons. The molecule has 1 N–H and O–H groups in total. The number of benzene rings is 1. The summed E-state index contributed by atoms with van der Waals surface area (Å²) in [7, 11) is 0. The van der Waals surface area contributed by atoms with E-state index in [1.807, 2.05) is 24.4 Å². The Kier molecular flexibility index (Phi) is 5.98. The Labute approximate surface area is 190 Å². The first kappa shape index (κ1) is 20.8. The number of aromatic nitrogens is 4. The second-order valence-corrected chi connectivity index (χ2v) is 9.09. The van der Waals surface area contributed by atoms with Gasteiger partial charge in [-0.2, -0.15) is 0 Å². The van der Waals surface area contributed by atoms with Crippen LogP contribution in [-0.2, 0) is 4.79 Å². The van der Waals surface area contributed by atoms with Crippen LogP contribution in [0.5, 0.6) is 11.5 Å². The van der Waals surface area contributed by atoms with Gasteiger partial charge in [-0.1, -0.05) is 31.5 Å². The number of hydrogen-bond acceptors (Lipinski definition) is 7. The predicted octanol–water partition coefficient (Wildman–Crippen LogP) is 4.55. The highest BCUT2D eigenvalue weighted by Crippen LogP contribution is 2.39. The van der Waals surface area contributed by atoms with Crippen molar-refractivity contribution in [2.24, 2.45) is 5.92 Å². The van der Waals surface area contributed by atoms with Crippen LogP contribution < -0.4 is 14.8 Å². The fourth-order valence-electron chi connectivity index (χ4n) is 4.35. The molecule has 0 spiro atoms. The van der Waals surface area contributed by atoms with Gasteiger partial charge in [0.15, 0.2) is 22.5 Å². The molecular weight excluding hydrogens is 426 g/mol. The third kappa shape index (κ3) is 4.29. The molecule has 9 heteroatoms. The van der Waals surface area contributed by atoms with Crippen LogP contribution in [0.1, 0.15) is 38.6 Å². The number of anilines is 1. The Hall–Kier alpha value is -3.07. The zero-order valence-electron chi connectivity index (χ0n) is 17.9. The molecule has 1 aliphatic carbocycles. The molecule has 3 aromatic rings. The van der Waals surface area contributed by atoms with Gasteiger partial charge in [0.1, 0.15) is 0 Å². The highest BCUT2D eigenvalue weighted by Gasteiger charge is 2.29. The molecule has 1 aromatic carbocycles. The first-order valence-corrected chi connectivity index (χ1v) is 11.8. The van der Waals surface area contributed by atoms with E-state index >= 15 is 0 Å². The first-order chi connectivity index (χ1) is 15.7. The second-order valence-electron chi connectivity index (χ2n) is 8.15. The molecule has 1 aliphatic heterocycles. The van der Waals surface area contributed by atoms with Crippen LogP contribution >= 0.6 is 11.8 Å². The normalized spacial score (nSPS) is 19.7. The molecule has 1 fully saturated rings. The molecule has 2 aliphatic rings. The number of nitrogens with one attached hydrogen (secondary N) is 1. The van der Waals surface area contributed by atoms with Crippen LogP contribution in [0.2, 0.25) is 0 Å². The van der Waals surface area contributed by atoms with Crippen molar-refractivity contribution in [1.82, 2.24) is 19.7 Å². The van der Waals surface area contributed by atoms with E-state index in [4.69, 9.17) is 9.47 Å². The minimum atomic E-state index is -0.108. The van der Waals surface area contributed by atoms with E-state index in [-0.39, 0.29) is 18.5 Å². The van der Waals surface area contributed by atoms with Crippen LogP contribution in [0, 0.1) is 5.92 Å². The van der Waals surface area contributed by atoms with Gasteiger partial charge in [0.25, 0.3) is 0 Å². The van der Waals surface area contributed by atoms with Gasteiger partial charge in [-0.3, -0.25) is 14.3 Å². The monoisotopic (exact) mass is 451 g/mol. The van der Waals surface area contributed by atoms with Gasteiger partial charge in [0, 0.05) is 35.8 Å². The molecule has 32 heavy (non-hydrogen) atoms. The standard InChI is InChI=1S/C23H25N5O3S/c1-15-5-2-3-7-18(15)28-22(16-6-4-10-24-12-16)26-27-23(28)32-13-21(29)25-17-8-9-19-20(11-17)31-14-30-19/h4,6,8-12,15,18H,2-3,5,7,13-14H2,1H3,(H,25,29)/t15-,18-/m0/s1. The van der Waals surface area contributed by atoms with Crippen molar-refractivity contribution in [3.05, 3.63) is 42.7 Å². The average Bonchev–Trinajstić information content (AvgIpc) is 3.45. The van der Waals surface area contributed by atoms with Gasteiger partial charge < -0.3 is 14.8 Å². The van der Waals surface area contributed by atoms with E-state index in [2.05, 4.69) is 32.0 Å². The minimum absolute atomic E-state index is 0.108. The second kappa shape index (κ2) is 9.20. The molecule has 8 nitrogen and oxygen atoms in total. The van der Waals surface area contributed by atoms with Crippen LogP contribution in [0.3, 0.4) is 0 Å². The molecule has 5 rings (SSSR count). The SMILES string of the molecule is C[C@H]1CCCC[C@@H]1n1c(SCC(=O)Nc2ccc3c(c2)OCO3)nnc1-c1cccnc1. The summed E-state index contributed by atoms with van der Waals surface area (Å²) in [6.45, 7) is 2.49. The van der Waals surface area contributed by atoms with Crippen molar-refractivity contribution < 1.29 is 14.3 Å². The van der Waals surface area contributed by atoms with E-state index in [9.17, 15) is 4.79 Å². The summed E-state index contributed by atoms with van der Waals surface area (Å²) in [6, 6.07) is 9.60. The van der Waals surface area contributed by atoms with E-state index in [0.29, 0.717) is 29.1 Å². The molecule has 1 saturated carbocycles. The van der Waals surface area contributed by atoms with Crippen molar-refractivity contribution in [3.8, 4) is 22.9 Å². The van der Waals surface area contributed by atoms with Crippen LogP contribution in [0.25, 0.3) is 11.4 Å². The van der Waals surface area contributed by atoms with Crippen molar-refractivity contribution >= 4 is 23.4 Å². The van der Waals surface area contributed by atoms with Gasteiger partial charge in [0.2, 0.25) is 12.7 Å². The maximum atomic E-state index is 12.6. The fraction of sp³-hybridized carbons (Fsp3) is 0.391. The Bertz CT molecular complexity index is 1100. The number of rotatable bonds is 6. The number of hydrogen-bond donors (Lipinski definition) is 1. The Morgan fingerprint density at radius 1 is 1.19 bits per heavy atom. The number of ether oxygens (including phenoxy) is 2. The zero-order chi connectivity index (χ0) is 21.9. The van der Waals surface area contributed by atoms with Crippen LogP contribution in [0.15, 0.2) is 47.9 Å². The van der Waals surface area contributed by atoms with Crippen molar-refractivity contribution in [3.63, 3.8) is 0 Å². The van der Waals surface area contributed by atoms with Crippen LogP contribution in [-0.4, -0.2) is 38.2 Å². The van der Waals surface area contributed by atoms with Gasteiger partial charge in [0.05, 0.1) is 5.75 Å². The summed E-state index contributed by atoms with van der Waals surface area (Å²) in [5, 5.41) is 12.6. The largest absolute Gasteiger partial charge is 0.454 e. The fourth-order valence-corrected chi connectivity index (χ4v) is 5.14. The van der Waals surface area contributed by atoms with Gasteiger partial charge in [-0.15, -0.1) is 10.2 Å². The number of amides is 1. The topological polar surface area (TPSA) is 91.2 Å². The number of fused-ring (bicyclic) bond motifs is 1. The maximum absolute atomic E-state index is 12.6. The van der Waals surface area contributed by atoms with Crippen molar-refractivity contribution in [1.29, 1.82) is 0 Å². The van der Waals surface area contributed by atoms with E-state index in [0.717, 1.165) is 23.0 Å². The van der Waals surface area contributed by atoms with Crippen molar-refractivity contribution in [2.45, 2.75) is 43.8 Å². The third-order valence-electron chi connectivity index (χ3n) is 5.97. The van der Waals surface area contributed by atoms with Crippen LogP contribution in [0.4, 0.5) is 5.69 Å². The first-order valence-electron chi connectivity index (χ1n) is 10.9. The number of carbonyl (C=O) groups excluding carboxylic acids is 1. The highest BCUT2D eigenvalue weighted by atomic mass is 32.2. The molecule has 0 unspecified atom stereocenters. The summed E-state index contributed by atoms with van der Waals surface area (Å²) in [4.78, 5) is 16.9. The van der Waals surface area contributed by atoms with Gasteiger partial charge in [-0.05, 0) is 43.0 Å². The molecule has 2 aromatic heterocycles. The Balaban J connectivity index is 1.34. The molecule has 1 amide bonds. The average molecular weight is 452 g/mol. The summed E-state index contributed by atoms with van der Waals surface area (Å²) in [6.07, 6.45) is 8.28. The van der Waals surface area contributed by atoms with Gasteiger partial charge in [-0.25, -0.2) is 0 Å². The summed E-state index contributed by atoms with van der Waals surface area (Å²) in [5.41, 5.74) is 1.62. The highest BCUT2D eigenvalue weighted by molar-refractivity contribution is 7.99. The summed E-state index contributed by atoms with van der Waals surface area (Å²) >= 11 is 1.41. The molecular formula is C23H25N5O3S. The minimum Gasteiger partial charge on any atom is -0.454 e. The predicted molar refractivity (Wildman–Crippen MR) is 122 cm³/mol. The molecule has 166 valence electrons. The summed E-state index contributed by atoms with van der Waals surface area (Å²) < 4.78 is 12.9. The molecule has 0 bridgehead atoms. The van der Waals surface area contributed by atoms with E-state index in [1.54, 1.807) is 18.3 Å². The summed E-state index contributed by atoms with van der Waals surface area (Å²) in [5.74, 6) is 2.80. The third-order valence-corrected chi connectivity index (χ3v) is 6.91. The van der Waals surface area contributed by atoms with E-state index < -0.39 is 0 Å². The number of thioether (sulfide) groups is 1. The Morgan fingerprint density at radius 3 is 2.91 bits per heavy atom. The number of pyridine rings is 1. The van der Waals surface area contributed by atoms with E-state index in [1.165, 1.54) is 31.0 Å². The Morgan fingerprint density at radius 2 is 2.06 bits per heavy atom. The lowest BCUT2D eigenvalue weighted by atomic mass is 9.85. The van der Waals surface area contributed by atoms with Crippen molar-refractivity contribution in [2.75, 3.05) is 17.9 Å². The lowest BCUT2D eigenvalue weighted by molar-refractivity contribution is -0.113. The zero-order valence-corrected chi connectivity index (χ0v) is 18.7. The molecule has 3 heterocycles. The maximum Gasteiger partial charge on any atom is 0.234 e. The molecule has 2 atom stereocenters. The number of carbonyl (C=O) groups is 1. The lowest BCUT2D eigenvalue weighted by Gasteiger charge is -2.31. The lowest BCUT2D eigenvalue weighted by Crippen LogP contribution is -2.23. The molecule has 0 saturated heterocycles. The quantitative estimate of drug-likeness (QED) is 0.550. The smallest absolute Gasteiger partial charge is 0.234 e. The number of nitrogens with zero attached hydrogens (tertiary/aromatic N) is 4. The van der Waals surface area contributed by atoms with Gasteiger partial charge >= 0.3 is 0 Å².